The maximum Gasteiger partial charge on any atom is 0.314 e. The Bertz CT molecular complexity index is 399. The molecule has 2 saturated carbocycles. The summed E-state index contributed by atoms with van der Waals surface area (Å²) in [4.78, 5) is 33.8. The van der Waals surface area contributed by atoms with Crippen LogP contribution < -0.4 is 0 Å². The maximum atomic E-state index is 12.6. The van der Waals surface area contributed by atoms with Crippen molar-refractivity contribution in [3.8, 4) is 0 Å². The predicted octanol–water partition coefficient (Wildman–Crippen LogP) is 2.06. The maximum absolute atomic E-state index is 12.6. The fourth-order valence-corrected chi connectivity index (χ4v) is 4.28. The van der Waals surface area contributed by atoms with Crippen LogP contribution in [0.5, 0.6) is 0 Å². The summed E-state index contributed by atoms with van der Waals surface area (Å²) in [5.41, 5.74) is -0.876. The summed E-state index contributed by atoms with van der Waals surface area (Å²) in [5.74, 6) is -0.543. The molecule has 6 heteroatoms. The van der Waals surface area contributed by atoms with Gasteiger partial charge in [0.15, 0.2) is 6.10 Å². The molecule has 0 aromatic rings. The van der Waals surface area contributed by atoms with E-state index in [1.165, 1.54) is 0 Å². The van der Waals surface area contributed by atoms with Crippen LogP contribution in [0.1, 0.15) is 51.4 Å². The summed E-state index contributed by atoms with van der Waals surface area (Å²) in [5, 5.41) is 0. The third kappa shape index (κ3) is 2.20. The van der Waals surface area contributed by atoms with E-state index < -0.39 is 11.2 Å². The molecule has 0 N–H and O–H groups in total. The number of carbonyl (C=O) groups is 1. The lowest BCUT2D eigenvalue weighted by atomic mass is 9.86. The smallest absolute Gasteiger partial charge is 0.314 e. The fourth-order valence-electron chi connectivity index (χ4n) is 4.28. The first-order valence-electron chi connectivity index (χ1n) is 8.06. The molecule has 4 aliphatic rings. The van der Waals surface area contributed by atoms with Crippen molar-refractivity contribution in [2.24, 2.45) is 5.92 Å². The highest BCUT2D eigenvalue weighted by molar-refractivity contribution is 5.74. The molecule has 2 heterocycles. The molecule has 2 atom stereocenters. The van der Waals surface area contributed by atoms with E-state index in [9.17, 15) is 4.79 Å². The van der Waals surface area contributed by atoms with E-state index in [4.69, 9.17) is 24.3 Å². The highest BCUT2D eigenvalue weighted by atomic mass is 17.2. The number of hydrogen-bond acceptors (Lipinski definition) is 6. The van der Waals surface area contributed by atoms with E-state index in [-0.39, 0.29) is 18.0 Å². The van der Waals surface area contributed by atoms with E-state index in [0.29, 0.717) is 13.2 Å². The predicted molar refractivity (Wildman–Crippen MR) is 69.8 cm³/mol. The Morgan fingerprint density at radius 1 is 0.857 bits per heavy atom. The molecule has 0 radical (unpaired) electrons. The third-order valence-corrected chi connectivity index (χ3v) is 5.57. The molecular formula is C15H22O6. The Morgan fingerprint density at radius 2 is 1.43 bits per heavy atom. The lowest BCUT2D eigenvalue weighted by Gasteiger charge is -2.29. The Morgan fingerprint density at radius 3 is 2.14 bits per heavy atom. The molecule has 0 aromatic carbocycles. The van der Waals surface area contributed by atoms with Crippen molar-refractivity contribution in [3.05, 3.63) is 0 Å². The Kier molecular flexibility index (Phi) is 3.45. The molecular weight excluding hydrogens is 276 g/mol. The van der Waals surface area contributed by atoms with Crippen LogP contribution in [0.25, 0.3) is 0 Å². The molecule has 21 heavy (non-hydrogen) atoms. The summed E-state index contributed by atoms with van der Waals surface area (Å²) in [7, 11) is 0. The number of esters is 1. The van der Waals surface area contributed by atoms with Crippen molar-refractivity contribution < 1.29 is 29.1 Å². The largest absolute Gasteiger partial charge is 0.456 e. The first kappa shape index (κ1) is 13.9. The fraction of sp³-hybridized carbons (Fsp3) is 0.933. The Hall–Kier alpha value is -0.690. The molecule has 4 fully saturated rings. The van der Waals surface area contributed by atoms with E-state index >= 15 is 0 Å². The molecule has 2 aliphatic carbocycles. The van der Waals surface area contributed by atoms with Crippen LogP contribution in [0.2, 0.25) is 0 Å². The molecule has 0 aromatic heterocycles. The standard InChI is InChI=1S/C15H22O6/c16-13(11-9-17-20-14(11)5-1-2-6-14)19-12-10-18-21-15(12)7-3-4-8-15/h11-12H,1-10H2. The van der Waals surface area contributed by atoms with Crippen LogP contribution in [0.3, 0.4) is 0 Å². The molecule has 0 bridgehead atoms. The first-order valence-corrected chi connectivity index (χ1v) is 8.06. The lowest BCUT2D eigenvalue weighted by molar-refractivity contribution is -0.310. The average molecular weight is 298 g/mol. The van der Waals surface area contributed by atoms with Crippen LogP contribution in [-0.2, 0) is 29.1 Å². The van der Waals surface area contributed by atoms with E-state index in [1.54, 1.807) is 0 Å². The number of rotatable bonds is 2. The van der Waals surface area contributed by atoms with Gasteiger partial charge in [-0.25, -0.2) is 19.6 Å². The summed E-state index contributed by atoms with van der Waals surface area (Å²) < 4.78 is 5.77. The van der Waals surface area contributed by atoms with Crippen molar-refractivity contribution in [2.75, 3.05) is 13.2 Å². The molecule has 2 saturated heterocycles. The van der Waals surface area contributed by atoms with Gasteiger partial charge in [-0.05, 0) is 25.7 Å². The number of carbonyl (C=O) groups excluding carboxylic acids is 1. The van der Waals surface area contributed by atoms with Crippen LogP contribution in [0, 0.1) is 5.92 Å². The molecule has 4 rings (SSSR count). The monoisotopic (exact) mass is 298 g/mol. The van der Waals surface area contributed by atoms with Gasteiger partial charge in [0.1, 0.15) is 23.7 Å². The van der Waals surface area contributed by atoms with Crippen molar-refractivity contribution in [2.45, 2.75) is 68.7 Å². The second-order valence-corrected chi connectivity index (χ2v) is 6.76. The topological polar surface area (TPSA) is 63.2 Å². The Labute approximate surface area is 123 Å². The second kappa shape index (κ2) is 5.19. The molecule has 118 valence electrons. The van der Waals surface area contributed by atoms with Gasteiger partial charge in [-0.1, -0.05) is 25.7 Å². The van der Waals surface area contributed by atoms with Gasteiger partial charge in [0.25, 0.3) is 0 Å². The van der Waals surface area contributed by atoms with Gasteiger partial charge in [-0.2, -0.15) is 0 Å². The van der Waals surface area contributed by atoms with Gasteiger partial charge in [0.2, 0.25) is 0 Å². The zero-order valence-corrected chi connectivity index (χ0v) is 12.2. The molecule has 2 aliphatic heterocycles. The van der Waals surface area contributed by atoms with Crippen LogP contribution in [-0.4, -0.2) is 36.5 Å². The van der Waals surface area contributed by atoms with Gasteiger partial charge in [0.05, 0.1) is 6.61 Å². The zero-order chi connectivity index (χ0) is 14.3. The van der Waals surface area contributed by atoms with Crippen molar-refractivity contribution >= 4 is 5.97 Å². The number of ether oxygens (including phenoxy) is 1. The molecule has 2 unspecified atom stereocenters. The van der Waals surface area contributed by atoms with Gasteiger partial charge in [0, 0.05) is 0 Å². The van der Waals surface area contributed by atoms with Gasteiger partial charge >= 0.3 is 5.97 Å². The first-order chi connectivity index (χ1) is 10.2. The third-order valence-electron chi connectivity index (χ3n) is 5.57. The quantitative estimate of drug-likeness (QED) is 0.574. The highest BCUT2D eigenvalue weighted by Crippen LogP contribution is 2.46. The Balaban J connectivity index is 1.46. The normalized spacial score (nSPS) is 36.8. The van der Waals surface area contributed by atoms with Crippen LogP contribution >= 0.6 is 0 Å². The van der Waals surface area contributed by atoms with Gasteiger partial charge in [-0.15, -0.1) is 0 Å². The van der Waals surface area contributed by atoms with Gasteiger partial charge in [-0.3, -0.25) is 4.79 Å². The van der Waals surface area contributed by atoms with Crippen molar-refractivity contribution in [3.63, 3.8) is 0 Å². The molecule has 2 spiro atoms. The minimum absolute atomic E-state index is 0.222. The summed E-state index contributed by atoms with van der Waals surface area (Å²) in [6.07, 6.45) is 7.58. The number of hydrogen-bond donors (Lipinski definition) is 0. The highest BCUT2D eigenvalue weighted by Gasteiger charge is 2.56. The van der Waals surface area contributed by atoms with Gasteiger partial charge < -0.3 is 4.74 Å². The zero-order valence-electron chi connectivity index (χ0n) is 12.2. The molecule has 0 amide bonds. The van der Waals surface area contributed by atoms with Crippen LogP contribution in [0.15, 0.2) is 0 Å². The van der Waals surface area contributed by atoms with Crippen molar-refractivity contribution in [1.29, 1.82) is 0 Å². The van der Waals surface area contributed by atoms with Crippen LogP contribution in [0.4, 0.5) is 0 Å². The average Bonchev–Trinajstić information content (AvgIpc) is 3.24. The summed E-state index contributed by atoms with van der Waals surface area (Å²) in [6, 6.07) is 0. The lowest BCUT2D eigenvalue weighted by Crippen LogP contribution is -2.45. The summed E-state index contributed by atoms with van der Waals surface area (Å²) >= 11 is 0. The summed E-state index contributed by atoms with van der Waals surface area (Å²) in [6.45, 7) is 0.618. The molecule has 6 nitrogen and oxygen atoms in total. The minimum Gasteiger partial charge on any atom is -0.456 e. The van der Waals surface area contributed by atoms with Crippen molar-refractivity contribution in [1.82, 2.24) is 0 Å². The van der Waals surface area contributed by atoms with E-state index in [2.05, 4.69) is 0 Å². The van der Waals surface area contributed by atoms with E-state index in [0.717, 1.165) is 51.4 Å². The SMILES string of the molecule is O=C(OC1COOC12CCCC2)C1COOC12CCCC2. The van der Waals surface area contributed by atoms with E-state index in [1.807, 2.05) is 0 Å². The second-order valence-electron chi connectivity index (χ2n) is 6.76. The minimum atomic E-state index is -0.458.